The molecule has 0 atom stereocenters. The molecule has 22 heavy (non-hydrogen) atoms. The van der Waals surface area contributed by atoms with Gasteiger partial charge in [-0.3, -0.25) is 4.79 Å². The molecule has 0 radical (unpaired) electrons. The topological polar surface area (TPSA) is 64.4 Å². The Balaban J connectivity index is 1.71. The van der Waals surface area contributed by atoms with Gasteiger partial charge >= 0.3 is 0 Å². The summed E-state index contributed by atoms with van der Waals surface area (Å²) in [5.74, 6) is 1.26. The zero-order valence-electron chi connectivity index (χ0n) is 12.4. The maximum absolute atomic E-state index is 12.1. The van der Waals surface area contributed by atoms with Gasteiger partial charge in [0, 0.05) is 12.6 Å². The predicted molar refractivity (Wildman–Crippen MR) is 84.1 cm³/mol. The van der Waals surface area contributed by atoms with E-state index in [0.717, 1.165) is 16.8 Å². The third-order valence-corrected chi connectivity index (χ3v) is 3.28. The second-order valence-corrected chi connectivity index (χ2v) is 4.99. The molecule has 3 aromatic rings. The van der Waals surface area contributed by atoms with Crippen LogP contribution in [0.2, 0.25) is 0 Å². The Morgan fingerprint density at radius 2 is 2.14 bits per heavy atom. The number of nitrogens with one attached hydrogen (secondary N) is 1. The fourth-order valence-electron chi connectivity index (χ4n) is 2.29. The first-order valence-electron chi connectivity index (χ1n) is 6.94. The van der Waals surface area contributed by atoms with Crippen molar-refractivity contribution in [2.45, 2.75) is 13.3 Å². The Kier molecular flexibility index (Phi) is 3.78. The van der Waals surface area contributed by atoms with Crippen LogP contribution in [-0.2, 0) is 11.2 Å². The summed E-state index contributed by atoms with van der Waals surface area (Å²) in [6.45, 7) is 1.79. The van der Waals surface area contributed by atoms with Gasteiger partial charge in [-0.05, 0) is 35.9 Å². The number of amides is 1. The predicted octanol–water partition coefficient (Wildman–Crippen LogP) is 3.33. The van der Waals surface area contributed by atoms with Gasteiger partial charge in [0.1, 0.15) is 11.3 Å². The Bertz CT molecular complexity index is 824. The number of aromatic nitrogens is 1. The third kappa shape index (κ3) is 3.09. The van der Waals surface area contributed by atoms with E-state index in [1.54, 1.807) is 32.2 Å². The molecule has 1 amide bonds. The number of carbonyl (C=O) groups is 1. The van der Waals surface area contributed by atoms with Crippen molar-refractivity contribution in [1.82, 2.24) is 4.98 Å². The molecule has 112 valence electrons. The lowest BCUT2D eigenvalue weighted by atomic mass is 10.1. The number of aryl methyl sites for hydroxylation is 1. The van der Waals surface area contributed by atoms with E-state index in [-0.39, 0.29) is 12.3 Å². The van der Waals surface area contributed by atoms with Crippen LogP contribution in [0.4, 0.5) is 5.69 Å². The number of methoxy groups -OCH3 is 1. The summed E-state index contributed by atoms with van der Waals surface area (Å²) >= 11 is 0. The van der Waals surface area contributed by atoms with E-state index in [9.17, 15) is 4.79 Å². The molecule has 1 N–H and O–H groups in total. The molecule has 0 fully saturated rings. The van der Waals surface area contributed by atoms with Crippen LogP contribution in [0.1, 0.15) is 11.5 Å². The van der Waals surface area contributed by atoms with Crippen LogP contribution in [0.25, 0.3) is 11.1 Å². The molecule has 0 aliphatic rings. The van der Waals surface area contributed by atoms with Gasteiger partial charge < -0.3 is 14.5 Å². The largest absolute Gasteiger partial charge is 0.497 e. The standard InChI is InChI=1S/C17H16N2O3/c1-11-18-15-10-13(6-7-16(15)22-11)19-17(20)9-12-4-3-5-14(8-12)21-2/h3-8,10H,9H2,1-2H3,(H,19,20). The minimum absolute atomic E-state index is 0.0900. The van der Waals surface area contributed by atoms with Gasteiger partial charge in [-0.1, -0.05) is 12.1 Å². The van der Waals surface area contributed by atoms with E-state index in [2.05, 4.69) is 10.3 Å². The van der Waals surface area contributed by atoms with Crippen molar-refractivity contribution in [1.29, 1.82) is 0 Å². The quantitative estimate of drug-likeness (QED) is 0.802. The number of anilines is 1. The summed E-state index contributed by atoms with van der Waals surface area (Å²) in [6, 6.07) is 12.9. The molecule has 1 heterocycles. The summed E-state index contributed by atoms with van der Waals surface area (Å²) < 4.78 is 10.6. The number of rotatable bonds is 4. The van der Waals surface area contributed by atoms with Gasteiger partial charge in [0.2, 0.25) is 5.91 Å². The first kappa shape index (κ1) is 14.1. The summed E-state index contributed by atoms with van der Waals surface area (Å²) in [5, 5.41) is 2.87. The van der Waals surface area contributed by atoms with Crippen LogP contribution >= 0.6 is 0 Å². The summed E-state index contributed by atoms with van der Waals surface area (Å²) in [4.78, 5) is 16.4. The smallest absolute Gasteiger partial charge is 0.228 e. The number of hydrogen-bond donors (Lipinski definition) is 1. The monoisotopic (exact) mass is 296 g/mol. The summed E-state index contributed by atoms with van der Waals surface area (Å²) in [7, 11) is 1.61. The summed E-state index contributed by atoms with van der Waals surface area (Å²) in [5.41, 5.74) is 3.05. The average molecular weight is 296 g/mol. The number of ether oxygens (including phenoxy) is 1. The number of hydrogen-bond acceptors (Lipinski definition) is 4. The molecule has 0 saturated heterocycles. The van der Waals surface area contributed by atoms with Crippen LogP contribution in [0, 0.1) is 6.92 Å². The molecule has 1 aromatic heterocycles. The van der Waals surface area contributed by atoms with Crippen LogP contribution in [0.15, 0.2) is 46.9 Å². The van der Waals surface area contributed by atoms with E-state index in [4.69, 9.17) is 9.15 Å². The number of benzene rings is 2. The van der Waals surface area contributed by atoms with Crippen molar-refractivity contribution in [2.24, 2.45) is 0 Å². The van der Waals surface area contributed by atoms with Crippen LogP contribution in [-0.4, -0.2) is 18.0 Å². The van der Waals surface area contributed by atoms with Gasteiger partial charge in [-0.25, -0.2) is 4.98 Å². The van der Waals surface area contributed by atoms with E-state index >= 15 is 0 Å². The van der Waals surface area contributed by atoms with Crippen molar-refractivity contribution in [2.75, 3.05) is 12.4 Å². The average Bonchev–Trinajstić information content (AvgIpc) is 2.86. The van der Waals surface area contributed by atoms with Crippen molar-refractivity contribution in [3.8, 4) is 5.75 Å². The summed E-state index contributed by atoms with van der Waals surface area (Å²) in [6.07, 6.45) is 0.285. The molecule has 0 unspecified atom stereocenters. The van der Waals surface area contributed by atoms with Crippen LogP contribution in [0.3, 0.4) is 0 Å². The Labute approximate surface area is 127 Å². The van der Waals surface area contributed by atoms with Crippen molar-refractivity contribution in [3.63, 3.8) is 0 Å². The van der Waals surface area contributed by atoms with Gasteiger partial charge in [-0.15, -0.1) is 0 Å². The molecular formula is C17H16N2O3. The number of fused-ring (bicyclic) bond motifs is 1. The molecule has 3 rings (SSSR count). The molecule has 0 saturated carbocycles. The Morgan fingerprint density at radius 3 is 2.95 bits per heavy atom. The highest BCUT2D eigenvalue weighted by molar-refractivity contribution is 5.94. The number of oxazole rings is 1. The van der Waals surface area contributed by atoms with E-state index in [1.807, 2.05) is 24.3 Å². The third-order valence-electron chi connectivity index (χ3n) is 3.28. The van der Waals surface area contributed by atoms with E-state index in [1.165, 1.54) is 0 Å². The maximum atomic E-state index is 12.1. The minimum Gasteiger partial charge on any atom is -0.497 e. The van der Waals surface area contributed by atoms with Gasteiger partial charge in [-0.2, -0.15) is 0 Å². The Morgan fingerprint density at radius 1 is 1.27 bits per heavy atom. The zero-order chi connectivity index (χ0) is 15.5. The Hall–Kier alpha value is -2.82. The molecule has 0 aliphatic heterocycles. The highest BCUT2D eigenvalue weighted by Crippen LogP contribution is 2.20. The number of carbonyl (C=O) groups excluding carboxylic acids is 1. The SMILES string of the molecule is COc1cccc(CC(=O)Nc2ccc3oc(C)nc3c2)c1. The lowest BCUT2D eigenvalue weighted by Crippen LogP contribution is -2.14. The van der Waals surface area contributed by atoms with Gasteiger partial charge in [0.15, 0.2) is 11.5 Å². The zero-order valence-corrected chi connectivity index (χ0v) is 12.4. The highest BCUT2D eigenvalue weighted by atomic mass is 16.5. The first-order chi connectivity index (χ1) is 10.6. The van der Waals surface area contributed by atoms with Crippen molar-refractivity contribution in [3.05, 3.63) is 53.9 Å². The molecule has 0 aliphatic carbocycles. The highest BCUT2D eigenvalue weighted by Gasteiger charge is 2.07. The molecule has 5 heteroatoms. The molecule has 0 bridgehead atoms. The lowest BCUT2D eigenvalue weighted by molar-refractivity contribution is -0.115. The van der Waals surface area contributed by atoms with Crippen molar-refractivity contribution < 1.29 is 13.9 Å². The maximum Gasteiger partial charge on any atom is 0.228 e. The molecule has 0 spiro atoms. The minimum atomic E-state index is -0.0900. The van der Waals surface area contributed by atoms with E-state index in [0.29, 0.717) is 17.2 Å². The van der Waals surface area contributed by atoms with Gasteiger partial charge in [0.25, 0.3) is 0 Å². The fraction of sp³-hybridized carbons (Fsp3) is 0.176. The van der Waals surface area contributed by atoms with E-state index < -0.39 is 0 Å². The second-order valence-electron chi connectivity index (χ2n) is 4.99. The lowest BCUT2D eigenvalue weighted by Gasteiger charge is -2.06. The first-order valence-corrected chi connectivity index (χ1v) is 6.94. The van der Waals surface area contributed by atoms with Gasteiger partial charge in [0.05, 0.1) is 13.5 Å². The van der Waals surface area contributed by atoms with Crippen LogP contribution < -0.4 is 10.1 Å². The fourth-order valence-corrected chi connectivity index (χ4v) is 2.29. The van der Waals surface area contributed by atoms with Crippen molar-refractivity contribution >= 4 is 22.7 Å². The van der Waals surface area contributed by atoms with Crippen LogP contribution in [0.5, 0.6) is 5.75 Å². The number of nitrogens with zero attached hydrogens (tertiary/aromatic N) is 1. The molecule has 5 nitrogen and oxygen atoms in total. The normalized spacial score (nSPS) is 10.6. The molecule has 2 aromatic carbocycles. The molecular weight excluding hydrogens is 280 g/mol. The second kappa shape index (κ2) is 5.89.